The molecule has 3 fully saturated rings. The Morgan fingerprint density at radius 2 is 1.92 bits per heavy atom. The number of fused-ring (bicyclic) bond motifs is 5. The van der Waals surface area contributed by atoms with E-state index in [1.807, 2.05) is 0 Å². The third kappa shape index (κ3) is 2.51. The van der Waals surface area contributed by atoms with Crippen molar-refractivity contribution >= 4 is 11.8 Å². The average Bonchev–Trinajstić information content (AvgIpc) is 2.90. The van der Waals surface area contributed by atoms with Gasteiger partial charge in [-0.05, 0) is 61.7 Å². The molecule has 138 valence electrons. The summed E-state index contributed by atoms with van der Waals surface area (Å²) in [6.07, 6.45) is 10.5. The molecule has 0 unspecified atom stereocenters. The molecule has 0 saturated heterocycles. The third-order valence-corrected chi connectivity index (χ3v) is 8.23. The van der Waals surface area contributed by atoms with E-state index in [0.717, 1.165) is 44.9 Å². The predicted octanol–water partition coefficient (Wildman–Crippen LogP) is 3.39. The first-order valence-electron chi connectivity index (χ1n) is 10.0. The van der Waals surface area contributed by atoms with E-state index < -0.39 is 0 Å². The van der Waals surface area contributed by atoms with E-state index in [2.05, 4.69) is 19.9 Å². The molecule has 3 saturated carbocycles. The molecule has 0 heterocycles. The highest BCUT2D eigenvalue weighted by atomic mass is 16.5. The first-order valence-corrected chi connectivity index (χ1v) is 10.0. The number of Topliss-reactive ketones (excluding diaryl/α,β-unsaturated/α-hetero) is 1. The van der Waals surface area contributed by atoms with Gasteiger partial charge in [0, 0.05) is 18.3 Å². The number of carbonyl (C=O) groups is 2. The van der Waals surface area contributed by atoms with Gasteiger partial charge in [-0.1, -0.05) is 25.5 Å². The molecule has 4 nitrogen and oxygen atoms in total. The Hall–Kier alpha value is -1.16. The van der Waals surface area contributed by atoms with Crippen LogP contribution in [0.3, 0.4) is 0 Å². The number of allylic oxidation sites excluding steroid dienone is 1. The van der Waals surface area contributed by atoms with Crippen molar-refractivity contribution in [2.45, 2.75) is 71.3 Å². The molecule has 0 amide bonds. The van der Waals surface area contributed by atoms with Crippen LogP contribution >= 0.6 is 0 Å². The van der Waals surface area contributed by atoms with Gasteiger partial charge in [0.2, 0.25) is 0 Å². The van der Waals surface area contributed by atoms with Crippen LogP contribution in [0.2, 0.25) is 0 Å². The van der Waals surface area contributed by atoms with Crippen molar-refractivity contribution in [1.82, 2.24) is 0 Å². The molecule has 25 heavy (non-hydrogen) atoms. The maximum atomic E-state index is 12.5. The molecule has 0 aromatic heterocycles. The van der Waals surface area contributed by atoms with Gasteiger partial charge in [-0.15, -0.1) is 0 Å². The largest absolute Gasteiger partial charge is 0.461 e. The van der Waals surface area contributed by atoms with Crippen LogP contribution in [0.4, 0.5) is 0 Å². The molecule has 0 aromatic carbocycles. The number of nitrogens with two attached hydrogens (primary N) is 1. The van der Waals surface area contributed by atoms with Crippen LogP contribution in [0, 0.1) is 28.6 Å². The fourth-order valence-electron chi connectivity index (χ4n) is 6.73. The highest BCUT2D eigenvalue weighted by Gasteiger charge is 2.58. The van der Waals surface area contributed by atoms with E-state index in [1.165, 1.54) is 12.0 Å². The van der Waals surface area contributed by atoms with Crippen molar-refractivity contribution < 1.29 is 14.3 Å². The predicted molar refractivity (Wildman–Crippen MR) is 95.6 cm³/mol. The van der Waals surface area contributed by atoms with Crippen molar-refractivity contribution in [3.8, 4) is 0 Å². The molecular weight excluding hydrogens is 314 g/mol. The van der Waals surface area contributed by atoms with Crippen molar-refractivity contribution in [3.63, 3.8) is 0 Å². The normalized spacial score (nSPS) is 45.9. The maximum absolute atomic E-state index is 12.5. The number of ether oxygens (including phenoxy) is 1. The Morgan fingerprint density at radius 3 is 2.68 bits per heavy atom. The molecule has 6 atom stereocenters. The molecule has 0 radical (unpaired) electrons. The Balaban J connectivity index is 1.56. The quantitative estimate of drug-likeness (QED) is 0.615. The van der Waals surface area contributed by atoms with Gasteiger partial charge < -0.3 is 10.5 Å². The zero-order valence-corrected chi connectivity index (χ0v) is 15.6. The zero-order chi connectivity index (χ0) is 17.8. The standard InChI is InChI=1S/C21H31NO3/c1-20-9-7-14(25-19(24)12-22)11-13(20)3-4-15-16-5-6-18(23)21(16,2)10-8-17(15)20/h3,14-17H,4-12,22H2,1-2H3/t14-,15-,16-,17-,20-,21-/m0/s1. The van der Waals surface area contributed by atoms with Crippen LogP contribution in [0.1, 0.15) is 65.2 Å². The van der Waals surface area contributed by atoms with Crippen LogP contribution in [0.5, 0.6) is 0 Å². The first-order chi connectivity index (χ1) is 11.9. The van der Waals surface area contributed by atoms with Crippen LogP contribution in [-0.2, 0) is 14.3 Å². The van der Waals surface area contributed by atoms with Gasteiger partial charge in [0.1, 0.15) is 11.9 Å². The number of ketones is 1. The van der Waals surface area contributed by atoms with Gasteiger partial charge in [0.05, 0.1) is 6.54 Å². The summed E-state index contributed by atoms with van der Waals surface area (Å²) >= 11 is 0. The molecule has 4 aliphatic rings. The molecule has 2 N–H and O–H groups in total. The summed E-state index contributed by atoms with van der Waals surface area (Å²) in [5.41, 5.74) is 7.04. The summed E-state index contributed by atoms with van der Waals surface area (Å²) in [7, 11) is 0. The minimum absolute atomic E-state index is 0.00570. The minimum Gasteiger partial charge on any atom is -0.461 e. The lowest BCUT2D eigenvalue weighted by atomic mass is 9.48. The summed E-state index contributed by atoms with van der Waals surface area (Å²) < 4.78 is 5.52. The van der Waals surface area contributed by atoms with Crippen LogP contribution < -0.4 is 5.73 Å². The summed E-state index contributed by atoms with van der Waals surface area (Å²) in [5.74, 6) is 2.12. The van der Waals surface area contributed by atoms with Crippen LogP contribution in [0.15, 0.2) is 11.6 Å². The van der Waals surface area contributed by atoms with E-state index in [9.17, 15) is 9.59 Å². The molecule has 4 aliphatic carbocycles. The lowest BCUT2D eigenvalue weighted by Crippen LogP contribution is -2.50. The zero-order valence-electron chi connectivity index (χ0n) is 15.6. The molecule has 0 aromatic rings. The summed E-state index contributed by atoms with van der Waals surface area (Å²) in [6, 6.07) is 0. The summed E-state index contributed by atoms with van der Waals surface area (Å²) in [5, 5.41) is 0. The van der Waals surface area contributed by atoms with Crippen molar-refractivity contribution in [1.29, 1.82) is 0 Å². The van der Waals surface area contributed by atoms with E-state index in [1.54, 1.807) is 0 Å². The second kappa shape index (κ2) is 5.94. The Bertz CT molecular complexity index is 627. The number of carbonyl (C=O) groups excluding carboxylic acids is 2. The van der Waals surface area contributed by atoms with Crippen molar-refractivity contribution in [2.75, 3.05) is 6.54 Å². The van der Waals surface area contributed by atoms with Gasteiger partial charge in [-0.25, -0.2) is 0 Å². The highest BCUT2D eigenvalue weighted by molar-refractivity contribution is 5.87. The minimum atomic E-state index is -0.291. The number of hydrogen-bond acceptors (Lipinski definition) is 4. The number of esters is 1. The third-order valence-electron chi connectivity index (χ3n) is 8.23. The van der Waals surface area contributed by atoms with Crippen molar-refractivity contribution in [2.24, 2.45) is 34.3 Å². The number of rotatable bonds is 2. The highest BCUT2D eigenvalue weighted by Crippen LogP contribution is 2.64. The Morgan fingerprint density at radius 1 is 1.20 bits per heavy atom. The molecule has 4 rings (SSSR count). The second-order valence-corrected chi connectivity index (χ2v) is 9.24. The maximum Gasteiger partial charge on any atom is 0.319 e. The fourth-order valence-corrected chi connectivity index (χ4v) is 6.73. The Labute approximate surface area is 150 Å². The molecule has 0 spiro atoms. The van der Waals surface area contributed by atoms with Gasteiger partial charge in [-0.3, -0.25) is 9.59 Å². The van der Waals surface area contributed by atoms with Crippen LogP contribution in [-0.4, -0.2) is 24.4 Å². The SMILES string of the molecule is C[C@]12CC[C@H](OC(=O)CN)CC1=CC[C@@H]1[C@@H]2CC[C@]2(C)C(=O)CC[C@@H]12. The monoisotopic (exact) mass is 345 g/mol. The second-order valence-electron chi connectivity index (χ2n) is 9.24. The summed E-state index contributed by atoms with van der Waals surface area (Å²) in [6.45, 7) is 4.62. The van der Waals surface area contributed by atoms with Crippen LogP contribution in [0.25, 0.3) is 0 Å². The lowest BCUT2D eigenvalue weighted by Gasteiger charge is -2.56. The summed E-state index contributed by atoms with van der Waals surface area (Å²) in [4.78, 5) is 24.0. The molecule has 0 bridgehead atoms. The fraction of sp³-hybridized carbons (Fsp3) is 0.810. The topological polar surface area (TPSA) is 69.4 Å². The smallest absolute Gasteiger partial charge is 0.319 e. The van der Waals surface area contributed by atoms with Gasteiger partial charge >= 0.3 is 5.97 Å². The average molecular weight is 345 g/mol. The van der Waals surface area contributed by atoms with E-state index in [-0.39, 0.29) is 29.4 Å². The lowest BCUT2D eigenvalue weighted by molar-refractivity contribution is -0.149. The van der Waals surface area contributed by atoms with E-state index >= 15 is 0 Å². The first kappa shape index (κ1) is 17.3. The van der Waals surface area contributed by atoms with Gasteiger partial charge in [-0.2, -0.15) is 0 Å². The molecular formula is C21H31NO3. The van der Waals surface area contributed by atoms with E-state index in [4.69, 9.17) is 10.5 Å². The molecule has 4 heteroatoms. The molecule has 0 aliphatic heterocycles. The van der Waals surface area contributed by atoms with Crippen molar-refractivity contribution in [3.05, 3.63) is 11.6 Å². The number of hydrogen-bond donors (Lipinski definition) is 1. The van der Waals surface area contributed by atoms with E-state index in [0.29, 0.717) is 23.5 Å². The van der Waals surface area contributed by atoms with Gasteiger partial charge in [0.25, 0.3) is 0 Å². The Kier molecular flexibility index (Phi) is 4.10. The van der Waals surface area contributed by atoms with Gasteiger partial charge in [0.15, 0.2) is 0 Å².